The van der Waals surface area contributed by atoms with Crippen LogP contribution in [0.4, 0.5) is 22.7 Å². The fraction of sp³-hybridized carbons (Fsp3) is 0.556. The molecule has 300 valence electrons. The van der Waals surface area contributed by atoms with Gasteiger partial charge in [0, 0.05) is 33.6 Å². The second-order valence-electron chi connectivity index (χ2n) is 20.5. The van der Waals surface area contributed by atoms with Crippen LogP contribution in [0.5, 0.6) is 0 Å². The van der Waals surface area contributed by atoms with Crippen LogP contribution >= 0.6 is 0 Å². The minimum Gasteiger partial charge on any atom is -0.356 e. The van der Waals surface area contributed by atoms with E-state index in [9.17, 15) is 0 Å². The standard InChI is InChI=1S/C54H74N2/c1-9-11-13-15-17-19-39-35-53-37-40(20-18-16-14-12-10-2)38-54(53,36-39)50-34-46(56-44-27-23-42(24-28-44)52(6,7)8)30-32-48(50)47-31-29-45(33-49(47)53)55-43-25-21-41(22-26-43)51(3,4)5/h21-34,39-40,55-56H,9-20,35-38H2,1-8H3. The predicted octanol–water partition coefficient (Wildman–Crippen LogP) is 16.5. The molecule has 0 radical (unpaired) electrons. The maximum Gasteiger partial charge on any atom is 0.0387 e. The van der Waals surface area contributed by atoms with Crippen LogP contribution in [-0.2, 0) is 21.7 Å². The summed E-state index contributed by atoms with van der Waals surface area (Å²) < 4.78 is 0. The summed E-state index contributed by atoms with van der Waals surface area (Å²) in [6, 6.07) is 33.2. The van der Waals surface area contributed by atoms with Gasteiger partial charge in [0.2, 0.25) is 0 Å². The molecule has 0 unspecified atom stereocenters. The summed E-state index contributed by atoms with van der Waals surface area (Å²) in [5.74, 6) is 1.56. The van der Waals surface area contributed by atoms with E-state index in [1.807, 2.05) is 0 Å². The van der Waals surface area contributed by atoms with E-state index in [2.05, 4.69) is 151 Å². The van der Waals surface area contributed by atoms with E-state index in [1.54, 1.807) is 11.1 Å². The van der Waals surface area contributed by atoms with Crippen molar-refractivity contribution in [1.29, 1.82) is 0 Å². The zero-order valence-corrected chi connectivity index (χ0v) is 36.6. The molecule has 4 aromatic carbocycles. The van der Waals surface area contributed by atoms with E-state index in [-0.39, 0.29) is 21.7 Å². The van der Waals surface area contributed by atoms with Crippen molar-refractivity contribution < 1.29 is 0 Å². The molecular formula is C54H74N2. The van der Waals surface area contributed by atoms with Crippen LogP contribution in [0.25, 0.3) is 11.1 Å². The number of fused-ring (bicyclic) bond motifs is 3. The van der Waals surface area contributed by atoms with Crippen molar-refractivity contribution in [1.82, 2.24) is 0 Å². The Balaban J connectivity index is 1.28. The summed E-state index contributed by atoms with van der Waals surface area (Å²) in [7, 11) is 0. The van der Waals surface area contributed by atoms with Crippen molar-refractivity contribution in [3.05, 3.63) is 107 Å². The molecule has 2 nitrogen and oxygen atoms in total. The Morgan fingerprint density at radius 2 is 0.786 bits per heavy atom. The monoisotopic (exact) mass is 751 g/mol. The predicted molar refractivity (Wildman–Crippen MR) is 244 cm³/mol. The first-order valence-electron chi connectivity index (χ1n) is 22.9. The Labute approximate surface area is 342 Å². The minimum atomic E-state index is 0.149. The molecule has 3 aliphatic rings. The van der Waals surface area contributed by atoms with Crippen molar-refractivity contribution in [3.8, 4) is 11.1 Å². The Hall–Kier alpha value is -3.52. The summed E-state index contributed by atoms with van der Waals surface area (Å²) in [5.41, 5.74) is 14.5. The van der Waals surface area contributed by atoms with E-state index in [4.69, 9.17) is 0 Å². The van der Waals surface area contributed by atoms with Gasteiger partial charge in [-0.15, -0.1) is 0 Å². The fourth-order valence-corrected chi connectivity index (χ4v) is 11.4. The molecule has 4 aromatic rings. The van der Waals surface area contributed by atoms with Gasteiger partial charge in [0.1, 0.15) is 0 Å². The van der Waals surface area contributed by atoms with Gasteiger partial charge >= 0.3 is 0 Å². The molecule has 0 saturated heterocycles. The third-order valence-electron chi connectivity index (χ3n) is 14.3. The Kier molecular flexibility index (Phi) is 12.2. The highest BCUT2D eigenvalue weighted by molar-refractivity contribution is 5.83. The van der Waals surface area contributed by atoms with Crippen LogP contribution in [0.15, 0.2) is 84.9 Å². The number of unbranched alkanes of at least 4 members (excludes halogenated alkanes) is 8. The second-order valence-corrected chi connectivity index (χ2v) is 20.5. The molecule has 0 aromatic heterocycles. The average Bonchev–Trinajstić information content (AvgIpc) is 3.66. The quantitative estimate of drug-likeness (QED) is 0.111. The van der Waals surface area contributed by atoms with Gasteiger partial charge in [-0.2, -0.15) is 0 Å². The van der Waals surface area contributed by atoms with Crippen LogP contribution in [0.2, 0.25) is 0 Å². The van der Waals surface area contributed by atoms with E-state index >= 15 is 0 Å². The van der Waals surface area contributed by atoms with Crippen molar-refractivity contribution in [2.45, 2.75) is 180 Å². The number of benzene rings is 4. The SMILES string of the molecule is CCCCCCCC1CC23CC(CCCCCCC)CC2(C1)c1cc(Nc2ccc(C(C)(C)C)cc2)ccc1-c1ccc(Nc2ccc(C(C)(C)C)cc2)cc13. The lowest BCUT2D eigenvalue weighted by atomic mass is 9.55. The lowest BCUT2D eigenvalue weighted by molar-refractivity contribution is 0.299. The Morgan fingerprint density at radius 1 is 0.446 bits per heavy atom. The van der Waals surface area contributed by atoms with Crippen LogP contribution in [0.3, 0.4) is 0 Å². The number of anilines is 4. The van der Waals surface area contributed by atoms with Gasteiger partial charge in [0.15, 0.2) is 0 Å². The van der Waals surface area contributed by atoms with Gasteiger partial charge in [-0.3, -0.25) is 0 Å². The summed E-state index contributed by atoms with van der Waals surface area (Å²) in [6.07, 6.45) is 21.9. The number of hydrogen-bond donors (Lipinski definition) is 2. The molecule has 2 heteroatoms. The smallest absolute Gasteiger partial charge is 0.0387 e. The molecule has 56 heavy (non-hydrogen) atoms. The zero-order valence-electron chi connectivity index (χ0n) is 36.6. The first kappa shape index (κ1) is 40.7. The third kappa shape index (κ3) is 8.37. The highest BCUT2D eigenvalue weighted by Gasteiger charge is 2.66. The van der Waals surface area contributed by atoms with Gasteiger partial charge in [-0.05, 0) is 130 Å². The van der Waals surface area contributed by atoms with Gasteiger partial charge < -0.3 is 10.6 Å². The minimum absolute atomic E-state index is 0.149. The van der Waals surface area contributed by atoms with Crippen molar-refractivity contribution in [2.75, 3.05) is 10.6 Å². The van der Waals surface area contributed by atoms with Crippen molar-refractivity contribution in [3.63, 3.8) is 0 Å². The molecular weight excluding hydrogens is 677 g/mol. The highest BCUT2D eigenvalue weighted by Crippen LogP contribution is 2.73. The van der Waals surface area contributed by atoms with Gasteiger partial charge in [0.05, 0.1) is 0 Å². The molecule has 0 aliphatic heterocycles. The van der Waals surface area contributed by atoms with Gasteiger partial charge in [-0.1, -0.05) is 169 Å². The van der Waals surface area contributed by atoms with E-state index in [0.717, 1.165) is 11.8 Å². The Bertz CT molecular complexity index is 1750. The van der Waals surface area contributed by atoms with Crippen LogP contribution in [0, 0.1) is 11.8 Å². The largest absolute Gasteiger partial charge is 0.356 e. The van der Waals surface area contributed by atoms with E-state index < -0.39 is 0 Å². The third-order valence-corrected chi connectivity index (χ3v) is 14.3. The Morgan fingerprint density at radius 3 is 1.12 bits per heavy atom. The first-order chi connectivity index (χ1) is 26.8. The maximum absolute atomic E-state index is 3.88. The van der Waals surface area contributed by atoms with Gasteiger partial charge in [0.25, 0.3) is 0 Å². The zero-order chi connectivity index (χ0) is 39.6. The van der Waals surface area contributed by atoms with E-state index in [0.29, 0.717) is 0 Å². The molecule has 0 spiro atoms. The maximum atomic E-state index is 3.88. The highest BCUT2D eigenvalue weighted by atomic mass is 14.9. The molecule has 7 rings (SSSR count). The number of hydrogen-bond acceptors (Lipinski definition) is 2. The lowest BCUT2D eigenvalue weighted by Crippen LogP contribution is -2.43. The molecule has 0 heterocycles. The molecule has 2 saturated carbocycles. The topological polar surface area (TPSA) is 24.1 Å². The summed E-state index contributed by atoms with van der Waals surface area (Å²) in [5, 5.41) is 7.76. The molecule has 3 aliphatic carbocycles. The summed E-state index contributed by atoms with van der Waals surface area (Å²) in [4.78, 5) is 0. The second kappa shape index (κ2) is 16.8. The molecule has 0 atom stereocenters. The molecule has 0 bridgehead atoms. The molecule has 2 fully saturated rings. The van der Waals surface area contributed by atoms with E-state index in [1.165, 1.54) is 148 Å². The van der Waals surface area contributed by atoms with Crippen molar-refractivity contribution >= 4 is 22.7 Å². The van der Waals surface area contributed by atoms with Crippen LogP contribution < -0.4 is 10.6 Å². The van der Waals surface area contributed by atoms with Crippen molar-refractivity contribution in [2.24, 2.45) is 11.8 Å². The summed E-state index contributed by atoms with van der Waals surface area (Å²) in [6.45, 7) is 18.5. The number of rotatable bonds is 16. The normalized spacial score (nSPS) is 22.6. The summed E-state index contributed by atoms with van der Waals surface area (Å²) >= 11 is 0. The fourth-order valence-electron chi connectivity index (χ4n) is 11.4. The average molecular weight is 751 g/mol. The first-order valence-corrected chi connectivity index (χ1v) is 22.9. The molecule has 0 amide bonds. The molecule has 2 N–H and O–H groups in total. The van der Waals surface area contributed by atoms with Crippen LogP contribution in [-0.4, -0.2) is 0 Å². The number of nitrogens with one attached hydrogen (secondary N) is 2. The van der Waals surface area contributed by atoms with Crippen LogP contribution in [0.1, 0.15) is 180 Å². The lowest BCUT2D eigenvalue weighted by Gasteiger charge is -2.48. The van der Waals surface area contributed by atoms with Gasteiger partial charge in [-0.25, -0.2) is 0 Å².